The van der Waals surface area contributed by atoms with Crippen LogP contribution in [-0.4, -0.2) is 57.8 Å². The average molecular weight is 320 g/mol. The smallest absolute Gasteiger partial charge is 0.260 e. The summed E-state index contributed by atoms with van der Waals surface area (Å²) in [4.78, 5) is 22.2. The van der Waals surface area contributed by atoms with E-state index in [1.807, 2.05) is 0 Å². The van der Waals surface area contributed by atoms with Crippen LogP contribution in [0.15, 0.2) is 18.6 Å². The molecule has 1 spiro atoms. The van der Waals surface area contributed by atoms with Crippen LogP contribution in [-0.2, 0) is 9.53 Å². The molecular weight excluding hydrogens is 299 g/mol. The summed E-state index contributed by atoms with van der Waals surface area (Å²) >= 11 is 0. The Kier molecular flexibility index (Phi) is 3.48. The molecule has 1 amide bonds. The number of amides is 1. The first-order chi connectivity index (χ1) is 11.1. The van der Waals surface area contributed by atoms with Crippen molar-refractivity contribution in [2.24, 2.45) is 0 Å². The maximum atomic E-state index is 14.3. The summed E-state index contributed by atoms with van der Waals surface area (Å²) in [5.41, 5.74) is -1.95. The topological polar surface area (TPSA) is 67.4 Å². The highest BCUT2D eigenvalue weighted by Gasteiger charge is 2.52. The van der Waals surface area contributed by atoms with Gasteiger partial charge in [-0.2, -0.15) is 0 Å². The van der Waals surface area contributed by atoms with Gasteiger partial charge in [-0.05, 0) is 25.7 Å². The Labute approximate surface area is 134 Å². The van der Waals surface area contributed by atoms with E-state index in [-0.39, 0.29) is 17.6 Å². The van der Waals surface area contributed by atoms with Gasteiger partial charge >= 0.3 is 0 Å². The zero-order chi connectivity index (χ0) is 15.9. The Morgan fingerprint density at radius 1 is 1.39 bits per heavy atom. The maximum absolute atomic E-state index is 14.3. The molecule has 3 heterocycles. The molecule has 3 aliphatic rings. The standard InChI is InChI=1S/C16H21FN4O2/c17-16(2-1-3-16)14(22)21-7-4-15(11-21)8-12(10-23-15)20-13-9-18-5-6-19-13/h5-6,9,12H,1-4,7-8,10-11H2,(H,19,20). The number of carbonyl (C=O) groups excluding carboxylic acids is 1. The van der Waals surface area contributed by atoms with E-state index >= 15 is 0 Å². The van der Waals surface area contributed by atoms with Crippen LogP contribution in [0.25, 0.3) is 0 Å². The number of nitrogens with zero attached hydrogens (tertiary/aromatic N) is 3. The van der Waals surface area contributed by atoms with E-state index in [0.717, 1.165) is 25.1 Å². The number of hydrogen-bond acceptors (Lipinski definition) is 5. The molecular formula is C16H21FN4O2. The molecule has 0 radical (unpaired) electrons. The van der Waals surface area contributed by atoms with E-state index in [0.29, 0.717) is 32.5 Å². The number of nitrogens with one attached hydrogen (secondary N) is 1. The van der Waals surface area contributed by atoms with Gasteiger partial charge in [0.05, 0.1) is 24.4 Å². The summed E-state index contributed by atoms with van der Waals surface area (Å²) < 4.78 is 20.3. The molecule has 3 fully saturated rings. The molecule has 4 rings (SSSR count). The number of hydrogen-bond donors (Lipinski definition) is 1. The summed E-state index contributed by atoms with van der Waals surface area (Å²) in [6.45, 7) is 1.65. The van der Waals surface area contributed by atoms with E-state index in [2.05, 4.69) is 15.3 Å². The predicted octanol–water partition coefficient (Wildman–Crippen LogP) is 1.54. The van der Waals surface area contributed by atoms with Crippen molar-refractivity contribution in [1.29, 1.82) is 0 Å². The lowest BCUT2D eigenvalue weighted by Gasteiger charge is -2.36. The molecule has 2 aliphatic heterocycles. The molecule has 1 aromatic heterocycles. The number of anilines is 1. The van der Waals surface area contributed by atoms with Gasteiger partial charge in [-0.1, -0.05) is 0 Å². The lowest BCUT2D eigenvalue weighted by Crippen LogP contribution is -2.50. The predicted molar refractivity (Wildman–Crippen MR) is 81.6 cm³/mol. The Morgan fingerprint density at radius 3 is 2.96 bits per heavy atom. The van der Waals surface area contributed by atoms with Gasteiger partial charge in [0.1, 0.15) is 5.82 Å². The van der Waals surface area contributed by atoms with Gasteiger partial charge in [-0.15, -0.1) is 0 Å². The molecule has 2 atom stereocenters. The van der Waals surface area contributed by atoms with Crippen LogP contribution in [0.1, 0.15) is 32.1 Å². The molecule has 1 aromatic rings. The zero-order valence-corrected chi connectivity index (χ0v) is 13.0. The molecule has 2 saturated heterocycles. The Hall–Kier alpha value is -1.76. The first-order valence-electron chi connectivity index (χ1n) is 8.24. The van der Waals surface area contributed by atoms with E-state index < -0.39 is 5.67 Å². The zero-order valence-electron chi connectivity index (χ0n) is 13.0. The SMILES string of the molecule is O=C(N1CCC2(CC(Nc3cnccn3)CO2)C1)C1(F)CCC1. The van der Waals surface area contributed by atoms with Crippen LogP contribution >= 0.6 is 0 Å². The Morgan fingerprint density at radius 2 is 2.26 bits per heavy atom. The minimum atomic E-state index is -1.61. The van der Waals surface area contributed by atoms with Crippen molar-refractivity contribution in [3.8, 4) is 0 Å². The second kappa shape index (κ2) is 5.40. The molecule has 7 heteroatoms. The van der Waals surface area contributed by atoms with Gasteiger partial charge in [-0.25, -0.2) is 9.37 Å². The van der Waals surface area contributed by atoms with Crippen LogP contribution in [0.3, 0.4) is 0 Å². The van der Waals surface area contributed by atoms with Crippen LogP contribution in [0, 0.1) is 0 Å². The van der Waals surface area contributed by atoms with Crippen molar-refractivity contribution in [2.45, 2.75) is 49.4 Å². The fourth-order valence-corrected chi connectivity index (χ4v) is 3.81. The summed E-state index contributed by atoms with van der Waals surface area (Å²) in [6, 6.07) is 0.143. The van der Waals surface area contributed by atoms with Crippen molar-refractivity contribution in [2.75, 3.05) is 25.0 Å². The van der Waals surface area contributed by atoms with Crippen LogP contribution in [0.2, 0.25) is 0 Å². The van der Waals surface area contributed by atoms with Gasteiger partial charge in [0.15, 0.2) is 5.67 Å². The third-order valence-corrected chi connectivity index (χ3v) is 5.26. The molecule has 0 aromatic carbocycles. The first-order valence-corrected chi connectivity index (χ1v) is 8.24. The van der Waals surface area contributed by atoms with Crippen molar-refractivity contribution in [1.82, 2.24) is 14.9 Å². The van der Waals surface area contributed by atoms with E-state index in [9.17, 15) is 9.18 Å². The number of halogens is 1. The summed E-state index contributed by atoms with van der Waals surface area (Å²) in [5.74, 6) is 0.385. The summed E-state index contributed by atoms with van der Waals surface area (Å²) in [5, 5.41) is 3.31. The molecule has 0 bridgehead atoms. The van der Waals surface area contributed by atoms with Crippen molar-refractivity contribution in [3.05, 3.63) is 18.6 Å². The minimum absolute atomic E-state index is 0.143. The van der Waals surface area contributed by atoms with Gasteiger partial charge in [0.2, 0.25) is 0 Å². The normalized spacial score (nSPS) is 32.0. The van der Waals surface area contributed by atoms with E-state index in [1.54, 1.807) is 23.5 Å². The largest absolute Gasteiger partial charge is 0.371 e. The maximum Gasteiger partial charge on any atom is 0.260 e. The highest BCUT2D eigenvalue weighted by Crippen LogP contribution is 2.41. The highest BCUT2D eigenvalue weighted by molar-refractivity contribution is 5.86. The van der Waals surface area contributed by atoms with E-state index in [4.69, 9.17) is 4.74 Å². The van der Waals surface area contributed by atoms with Crippen molar-refractivity contribution < 1.29 is 13.9 Å². The second-order valence-corrected chi connectivity index (χ2v) is 6.93. The van der Waals surface area contributed by atoms with Crippen LogP contribution in [0.4, 0.5) is 10.2 Å². The fourth-order valence-electron chi connectivity index (χ4n) is 3.81. The quantitative estimate of drug-likeness (QED) is 0.915. The van der Waals surface area contributed by atoms with Crippen molar-refractivity contribution >= 4 is 11.7 Å². The molecule has 124 valence electrons. The molecule has 2 unspecified atom stereocenters. The lowest BCUT2D eigenvalue weighted by molar-refractivity contribution is -0.149. The summed E-state index contributed by atoms with van der Waals surface area (Å²) in [6.07, 6.45) is 8.07. The highest BCUT2D eigenvalue weighted by atomic mass is 19.1. The van der Waals surface area contributed by atoms with Crippen LogP contribution in [0.5, 0.6) is 0 Å². The fraction of sp³-hybridized carbons (Fsp3) is 0.688. The molecule has 6 nitrogen and oxygen atoms in total. The minimum Gasteiger partial charge on any atom is -0.371 e. The second-order valence-electron chi connectivity index (χ2n) is 6.93. The number of alkyl halides is 1. The molecule has 1 aliphatic carbocycles. The number of likely N-dealkylation sites (tertiary alicyclic amines) is 1. The van der Waals surface area contributed by atoms with Gasteiger partial charge in [0.25, 0.3) is 5.91 Å². The molecule has 1 saturated carbocycles. The monoisotopic (exact) mass is 320 g/mol. The third kappa shape index (κ3) is 2.67. The Balaban J connectivity index is 1.37. The number of ether oxygens (including phenoxy) is 1. The lowest BCUT2D eigenvalue weighted by atomic mass is 9.81. The van der Waals surface area contributed by atoms with E-state index in [1.165, 1.54) is 0 Å². The molecule has 1 N–H and O–H groups in total. The number of rotatable bonds is 3. The first kappa shape index (κ1) is 14.8. The van der Waals surface area contributed by atoms with Gasteiger partial charge < -0.3 is 15.0 Å². The van der Waals surface area contributed by atoms with Gasteiger partial charge in [-0.3, -0.25) is 9.78 Å². The van der Waals surface area contributed by atoms with Gasteiger partial charge in [0, 0.05) is 31.9 Å². The Bertz CT molecular complexity index is 595. The third-order valence-electron chi connectivity index (χ3n) is 5.26. The molecule has 23 heavy (non-hydrogen) atoms. The number of carbonyl (C=O) groups is 1. The van der Waals surface area contributed by atoms with Crippen LogP contribution < -0.4 is 5.32 Å². The summed E-state index contributed by atoms with van der Waals surface area (Å²) in [7, 11) is 0. The van der Waals surface area contributed by atoms with Crippen molar-refractivity contribution in [3.63, 3.8) is 0 Å². The average Bonchev–Trinajstić information content (AvgIpc) is 3.13. The number of aromatic nitrogens is 2.